The van der Waals surface area contributed by atoms with Crippen LogP contribution in [0.25, 0.3) is 0 Å². The summed E-state index contributed by atoms with van der Waals surface area (Å²) in [4.78, 5) is 12.3. The van der Waals surface area contributed by atoms with E-state index in [1.165, 1.54) is 24.3 Å². The number of sulfonamides is 1. The lowest BCUT2D eigenvalue weighted by atomic mass is 10.1. The number of carbonyl (C=O) groups is 1. The maximum absolute atomic E-state index is 12.6. The number of carbonyl (C=O) groups excluding carboxylic acids is 1. The first-order valence-electron chi connectivity index (χ1n) is 9.67. The van der Waals surface area contributed by atoms with Gasteiger partial charge in [0.05, 0.1) is 6.42 Å². The molecule has 0 spiro atoms. The number of benzene rings is 3. The number of fused-ring (bicyclic) bond motifs is 1. The zero-order valence-corrected chi connectivity index (χ0v) is 19.3. The van der Waals surface area contributed by atoms with Gasteiger partial charge in [-0.3, -0.25) is 4.79 Å². The molecule has 11 heteroatoms. The molecule has 0 radical (unpaired) electrons. The van der Waals surface area contributed by atoms with Crippen LogP contribution >= 0.6 is 23.2 Å². The predicted molar refractivity (Wildman–Crippen MR) is 124 cm³/mol. The summed E-state index contributed by atoms with van der Waals surface area (Å²) >= 11 is 12.2. The molecule has 0 atom stereocenters. The van der Waals surface area contributed by atoms with Gasteiger partial charge in [-0.1, -0.05) is 29.3 Å². The van der Waals surface area contributed by atoms with E-state index in [9.17, 15) is 13.2 Å². The average Bonchev–Trinajstić information content (AvgIpc) is 2.74. The third kappa shape index (κ3) is 5.69. The van der Waals surface area contributed by atoms with Gasteiger partial charge in [0, 0.05) is 21.8 Å². The number of rotatable bonds is 6. The maximum atomic E-state index is 12.6. The Hall–Kier alpha value is -2.98. The number of anilines is 1. The fourth-order valence-electron chi connectivity index (χ4n) is 3.17. The van der Waals surface area contributed by atoms with Crippen molar-refractivity contribution in [1.29, 1.82) is 0 Å². The minimum Gasteiger partial charge on any atom is -0.486 e. The van der Waals surface area contributed by atoms with Crippen LogP contribution in [0.15, 0.2) is 59.5 Å². The Bertz CT molecular complexity index is 1330. The van der Waals surface area contributed by atoms with Gasteiger partial charge in [-0.15, -0.1) is 0 Å². The van der Waals surface area contributed by atoms with Crippen LogP contribution in [-0.4, -0.2) is 27.5 Å². The van der Waals surface area contributed by atoms with Crippen LogP contribution in [-0.2, 0) is 21.2 Å². The standard InChI is InChI=1S/C22H18Cl2N2O6S/c23-14-2-1-3-16(10-14)32-18-5-4-15(11-21(18)33(25,28)29)26-22(27)9-13-8-19-20(12-17(13)24)31-7-6-30-19/h1-5,8,10-12H,6-7,9H2,(H,26,27)(H2,25,28,29). The normalized spacial score (nSPS) is 12.8. The van der Waals surface area contributed by atoms with Crippen molar-refractivity contribution in [2.45, 2.75) is 11.3 Å². The summed E-state index contributed by atoms with van der Waals surface area (Å²) in [5.41, 5.74) is 0.752. The number of amides is 1. The van der Waals surface area contributed by atoms with Crippen molar-refractivity contribution in [2.75, 3.05) is 18.5 Å². The molecule has 8 nitrogen and oxygen atoms in total. The molecule has 0 saturated heterocycles. The molecule has 4 rings (SSSR count). The molecule has 0 aliphatic carbocycles. The Morgan fingerprint density at radius 3 is 2.45 bits per heavy atom. The summed E-state index contributed by atoms with van der Waals surface area (Å²) in [7, 11) is -4.16. The zero-order valence-electron chi connectivity index (χ0n) is 17.0. The van der Waals surface area contributed by atoms with Gasteiger partial charge in [0.1, 0.15) is 29.6 Å². The van der Waals surface area contributed by atoms with Gasteiger partial charge in [0.15, 0.2) is 11.5 Å². The van der Waals surface area contributed by atoms with Gasteiger partial charge in [-0.25, -0.2) is 13.6 Å². The molecule has 1 heterocycles. The summed E-state index contributed by atoms with van der Waals surface area (Å²) in [6.45, 7) is 0.826. The Labute approximate surface area is 200 Å². The SMILES string of the molecule is NS(=O)(=O)c1cc(NC(=O)Cc2cc3c(cc2Cl)OCCO3)ccc1Oc1cccc(Cl)c1. The van der Waals surface area contributed by atoms with E-state index in [1.54, 1.807) is 30.3 Å². The largest absolute Gasteiger partial charge is 0.486 e. The predicted octanol–water partition coefficient (Wildman–Crippen LogP) is 4.39. The van der Waals surface area contributed by atoms with Gasteiger partial charge in [-0.2, -0.15) is 0 Å². The molecular formula is C22H18Cl2N2O6S. The Morgan fingerprint density at radius 1 is 1.03 bits per heavy atom. The van der Waals surface area contributed by atoms with E-state index >= 15 is 0 Å². The number of hydrogen-bond acceptors (Lipinski definition) is 6. The minimum absolute atomic E-state index is 0.00681. The molecule has 3 N–H and O–H groups in total. The molecule has 0 bridgehead atoms. The summed E-state index contributed by atoms with van der Waals surface area (Å²) in [5, 5.41) is 8.78. The fraction of sp³-hybridized carbons (Fsp3) is 0.136. The number of primary sulfonamides is 1. The molecule has 1 amide bonds. The molecule has 3 aromatic carbocycles. The third-order valence-electron chi connectivity index (χ3n) is 4.62. The van der Waals surface area contributed by atoms with E-state index < -0.39 is 15.9 Å². The monoisotopic (exact) mass is 508 g/mol. The lowest BCUT2D eigenvalue weighted by Gasteiger charge is -2.19. The third-order valence-corrected chi connectivity index (χ3v) is 6.14. The van der Waals surface area contributed by atoms with Gasteiger partial charge in [-0.05, 0) is 48.0 Å². The van der Waals surface area contributed by atoms with E-state index in [0.717, 1.165) is 0 Å². The van der Waals surface area contributed by atoms with Crippen LogP contribution in [0.5, 0.6) is 23.0 Å². The maximum Gasteiger partial charge on any atom is 0.241 e. The molecule has 0 unspecified atom stereocenters. The number of halogens is 2. The van der Waals surface area contributed by atoms with Crippen LogP contribution in [0.3, 0.4) is 0 Å². The van der Waals surface area contributed by atoms with Crippen LogP contribution in [0.4, 0.5) is 5.69 Å². The molecule has 0 aromatic heterocycles. The van der Waals surface area contributed by atoms with Crippen molar-refractivity contribution in [3.8, 4) is 23.0 Å². The van der Waals surface area contributed by atoms with Crippen LogP contribution in [0, 0.1) is 0 Å². The summed E-state index contributed by atoms with van der Waals surface area (Å²) in [5.74, 6) is 0.929. The number of nitrogens with two attached hydrogens (primary N) is 1. The molecule has 1 aliphatic rings. The lowest BCUT2D eigenvalue weighted by molar-refractivity contribution is -0.115. The molecule has 33 heavy (non-hydrogen) atoms. The zero-order chi connectivity index (χ0) is 23.6. The quantitative estimate of drug-likeness (QED) is 0.509. The molecule has 1 aliphatic heterocycles. The fourth-order valence-corrected chi connectivity index (χ4v) is 4.25. The van der Waals surface area contributed by atoms with Crippen LogP contribution in [0.2, 0.25) is 10.0 Å². The lowest BCUT2D eigenvalue weighted by Crippen LogP contribution is -2.18. The Kier molecular flexibility index (Phi) is 6.66. The van der Waals surface area contributed by atoms with Crippen molar-refractivity contribution in [2.24, 2.45) is 5.14 Å². The second kappa shape index (κ2) is 9.48. The highest BCUT2D eigenvalue weighted by molar-refractivity contribution is 7.89. The van der Waals surface area contributed by atoms with E-state index in [-0.39, 0.29) is 22.8 Å². The van der Waals surface area contributed by atoms with E-state index in [2.05, 4.69) is 5.32 Å². The number of hydrogen-bond donors (Lipinski definition) is 2. The van der Waals surface area contributed by atoms with E-state index in [0.29, 0.717) is 46.1 Å². The first-order chi connectivity index (χ1) is 15.7. The van der Waals surface area contributed by atoms with Crippen molar-refractivity contribution < 1.29 is 27.4 Å². The molecule has 3 aromatic rings. The molecule has 0 fully saturated rings. The van der Waals surface area contributed by atoms with E-state index in [1.807, 2.05) is 0 Å². The van der Waals surface area contributed by atoms with Gasteiger partial charge >= 0.3 is 0 Å². The van der Waals surface area contributed by atoms with E-state index in [4.69, 9.17) is 42.6 Å². The van der Waals surface area contributed by atoms with Crippen molar-refractivity contribution >= 4 is 44.8 Å². The summed E-state index contributed by atoms with van der Waals surface area (Å²) in [6, 6.07) is 13.8. The summed E-state index contributed by atoms with van der Waals surface area (Å²) in [6.07, 6.45) is -0.0685. The van der Waals surface area contributed by atoms with Gasteiger partial charge in [0.2, 0.25) is 15.9 Å². The number of nitrogens with one attached hydrogen (secondary N) is 1. The molecular weight excluding hydrogens is 491 g/mol. The Morgan fingerprint density at radius 2 is 1.76 bits per heavy atom. The Balaban J connectivity index is 1.54. The smallest absolute Gasteiger partial charge is 0.241 e. The first kappa shape index (κ1) is 23.2. The van der Waals surface area contributed by atoms with Crippen molar-refractivity contribution in [3.63, 3.8) is 0 Å². The molecule has 0 saturated carbocycles. The minimum atomic E-state index is -4.16. The second-order valence-electron chi connectivity index (χ2n) is 7.08. The van der Waals surface area contributed by atoms with Crippen molar-refractivity contribution in [3.05, 3.63) is 70.2 Å². The highest BCUT2D eigenvalue weighted by Gasteiger charge is 2.20. The highest BCUT2D eigenvalue weighted by Crippen LogP contribution is 2.36. The first-order valence-corrected chi connectivity index (χ1v) is 12.0. The summed E-state index contributed by atoms with van der Waals surface area (Å²) < 4.78 is 40.9. The van der Waals surface area contributed by atoms with Crippen LogP contribution < -0.4 is 24.7 Å². The second-order valence-corrected chi connectivity index (χ2v) is 9.45. The highest BCUT2D eigenvalue weighted by atomic mass is 35.5. The van der Waals surface area contributed by atoms with Crippen molar-refractivity contribution in [1.82, 2.24) is 0 Å². The van der Waals surface area contributed by atoms with Gasteiger partial charge < -0.3 is 19.5 Å². The number of ether oxygens (including phenoxy) is 3. The van der Waals surface area contributed by atoms with Crippen LogP contribution in [0.1, 0.15) is 5.56 Å². The average molecular weight is 509 g/mol. The van der Waals surface area contributed by atoms with Gasteiger partial charge in [0.25, 0.3) is 0 Å². The topological polar surface area (TPSA) is 117 Å². The molecule has 172 valence electrons.